The van der Waals surface area contributed by atoms with Gasteiger partial charge in [-0.1, -0.05) is 51.4 Å². The molecule has 0 radical (unpaired) electrons. The van der Waals surface area contributed by atoms with E-state index in [2.05, 4.69) is 10.0 Å². The summed E-state index contributed by atoms with van der Waals surface area (Å²) in [6.45, 7) is 0.781. The van der Waals surface area contributed by atoms with Gasteiger partial charge in [-0.3, -0.25) is 0 Å². The molecule has 0 aromatic rings. The fourth-order valence-corrected chi connectivity index (χ4v) is 2.41. The van der Waals surface area contributed by atoms with Crippen LogP contribution in [0.2, 0.25) is 0 Å². The molecule has 0 spiro atoms. The van der Waals surface area contributed by atoms with Crippen molar-refractivity contribution in [3.8, 4) is 0 Å². The van der Waals surface area contributed by atoms with Crippen molar-refractivity contribution in [3.63, 3.8) is 0 Å². The Kier molecular flexibility index (Phi) is 7.10. The zero-order valence-corrected chi connectivity index (χ0v) is 9.75. The van der Waals surface area contributed by atoms with Crippen LogP contribution in [-0.2, 0) is 0 Å². The summed E-state index contributed by atoms with van der Waals surface area (Å²) in [5.74, 6) is 0.692. The van der Waals surface area contributed by atoms with Gasteiger partial charge in [-0.15, -0.1) is 0 Å². The van der Waals surface area contributed by atoms with E-state index in [0.29, 0.717) is 5.92 Å². The zero-order valence-electron chi connectivity index (χ0n) is 9.75. The van der Waals surface area contributed by atoms with Crippen LogP contribution in [0.1, 0.15) is 64.2 Å². The summed E-state index contributed by atoms with van der Waals surface area (Å²) in [6.07, 6.45) is 13.7. The van der Waals surface area contributed by atoms with Gasteiger partial charge in [0.2, 0.25) is 4.91 Å². The molecule has 0 aromatic carbocycles. The van der Waals surface area contributed by atoms with Gasteiger partial charge < -0.3 is 0 Å². The Bertz CT molecular complexity index is 185. The maximum Gasteiger partial charge on any atom is 0.214 e. The lowest BCUT2D eigenvalue weighted by atomic mass is 9.96. The molecule has 15 heavy (non-hydrogen) atoms. The van der Waals surface area contributed by atoms with Crippen LogP contribution in [0.25, 0.3) is 0 Å². The first-order valence-electron chi connectivity index (χ1n) is 6.46. The summed E-state index contributed by atoms with van der Waals surface area (Å²) in [6, 6.07) is 0. The molecule has 0 atom stereocenters. The van der Waals surface area contributed by atoms with Crippen LogP contribution in [0, 0.1) is 11.4 Å². The molecule has 0 aliphatic heterocycles. The van der Waals surface area contributed by atoms with Crippen molar-refractivity contribution in [2.24, 2.45) is 11.0 Å². The van der Waals surface area contributed by atoms with Gasteiger partial charge >= 0.3 is 0 Å². The summed E-state index contributed by atoms with van der Waals surface area (Å²) in [4.78, 5) is 3.12. The summed E-state index contributed by atoms with van der Waals surface area (Å²) in [7, 11) is 0. The highest BCUT2D eigenvalue weighted by Crippen LogP contribution is 2.21. The first-order chi connectivity index (χ1) is 7.43. The van der Waals surface area contributed by atoms with Crippen molar-refractivity contribution in [2.45, 2.75) is 64.2 Å². The van der Waals surface area contributed by atoms with Gasteiger partial charge in [0.15, 0.2) is 0 Å². The minimum Gasteiger partial charge on any atom is -0.0533 e. The molecule has 0 saturated heterocycles. The number of rotatable bonds is 2. The average Bonchev–Trinajstić information content (AvgIpc) is 2.31. The smallest absolute Gasteiger partial charge is 0.0533 e. The Labute approximate surface area is 92.9 Å². The largest absolute Gasteiger partial charge is 0.214 e. The van der Waals surface area contributed by atoms with Crippen LogP contribution in [0.4, 0.5) is 0 Å². The maximum absolute atomic E-state index is 6.69. The van der Waals surface area contributed by atoms with Crippen LogP contribution >= 0.6 is 0 Å². The van der Waals surface area contributed by atoms with E-state index in [1.54, 1.807) is 0 Å². The third-order valence-corrected chi connectivity index (χ3v) is 3.39. The SMILES string of the molecule is N=[N+]=NCC1CCCCCCCCCC1. The van der Waals surface area contributed by atoms with Crippen LogP contribution in [-0.4, -0.2) is 6.54 Å². The molecular formula is C12H24N3+. The Morgan fingerprint density at radius 2 is 1.33 bits per heavy atom. The fraction of sp³-hybridized carbons (Fsp3) is 1.00. The molecule has 0 bridgehead atoms. The van der Waals surface area contributed by atoms with E-state index in [1.165, 1.54) is 64.2 Å². The second-order valence-corrected chi connectivity index (χ2v) is 4.70. The van der Waals surface area contributed by atoms with E-state index in [0.717, 1.165) is 6.54 Å². The average molecular weight is 210 g/mol. The predicted molar refractivity (Wildman–Crippen MR) is 61.8 cm³/mol. The summed E-state index contributed by atoms with van der Waals surface area (Å²) in [5.41, 5.74) is 6.69. The van der Waals surface area contributed by atoms with Gasteiger partial charge in [-0.05, 0) is 18.8 Å². The van der Waals surface area contributed by atoms with Crippen molar-refractivity contribution in [1.29, 1.82) is 5.53 Å². The molecule has 0 amide bonds. The van der Waals surface area contributed by atoms with Gasteiger partial charge in [0.1, 0.15) is 17.2 Å². The molecule has 1 saturated carbocycles. The van der Waals surface area contributed by atoms with Gasteiger partial charge in [-0.2, -0.15) is 0 Å². The first kappa shape index (κ1) is 12.4. The lowest BCUT2D eigenvalue weighted by Crippen LogP contribution is -2.05. The van der Waals surface area contributed by atoms with Crippen LogP contribution in [0.3, 0.4) is 0 Å². The third-order valence-electron chi connectivity index (χ3n) is 3.39. The first-order valence-corrected chi connectivity index (χ1v) is 6.46. The topological polar surface area (TPSA) is 50.3 Å². The van der Waals surface area contributed by atoms with Crippen molar-refractivity contribution < 1.29 is 0 Å². The molecule has 1 rings (SSSR count). The maximum atomic E-state index is 6.69. The summed E-state index contributed by atoms with van der Waals surface area (Å²) < 4.78 is 0. The Balaban J connectivity index is 2.28. The minimum absolute atomic E-state index is 0.692. The Morgan fingerprint density at radius 1 is 0.867 bits per heavy atom. The van der Waals surface area contributed by atoms with Crippen LogP contribution in [0.5, 0.6) is 0 Å². The lowest BCUT2D eigenvalue weighted by Gasteiger charge is -2.10. The van der Waals surface area contributed by atoms with Gasteiger partial charge in [0, 0.05) is 0 Å². The fourth-order valence-electron chi connectivity index (χ4n) is 2.41. The minimum atomic E-state index is 0.692. The zero-order chi connectivity index (χ0) is 10.8. The lowest BCUT2D eigenvalue weighted by molar-refractivity contribution is 0.416. The number of nitrogens with zero attached hydrogens (tertiary/aromatic N) is 2. The van der Waals surface area contributed by atoms with E-state index in [4.69, 9.17) is 5.53 Å². The van der Waals surface area contributed by atoms with Crippen molar-refractivity contribution in [1.82, 2.24) is 4.91 Å². The van der Waals surface area contributed by atoms with Gasteiger partial charge in [0.25, 0.3) is 0 Å². The predicted octanol–water partition coefficient (Wildman–Crippen LogP) is 4.07. The van der Waals surface area contributed by atoms with Crippen LogP contribution in [0.15, 0.2) is 5.11 Å². The molecule has 0 aromatic heterocycles. The molecule has 1 N–H and O–H groups in total. The van der Waals surface area contributed by atoms with E-state index >= 15 is 0 Å². The Morgan fingerprint density at radius 3 is 1.80 bits per heavy atom. The molecule has 0 unspecified atom stereocenters. The highest BCUT2D eigenvalue weighted by atomic mass is 15.1. The van der Waals surface area contributed by atoms with Crippen molar-refractivity contribution in [2.75, 3.05) is 6.54 Å². The van der Waals surface area contributed by atoms with Crippen molar-refractivity contribution >= 4 is 0 Å². The molecule has 1 aliphatic rings. The normalized spacial score (nSPS) is 21.3. The molecule has 86 valence electrons. The molecule has 1 aliphatic carbocycles. The second-order valence-electron chi connectivity index (χ2n) is 4.70. The monoisotopic (exact) mass is 210 g/mol. The van der Waals surface area contributed by atoms with Gasteiger partial charge in [0.05, 0.1) is 0 Å². The highest BCUT2D eigenvalue weighted by molar-refractivity contribution is 4.63. The Hall–Kier alpha value is -0.690. The summed E-state index contributed by atoms with van der Waals surface area (Å²) in [5, 5.41) is 3.84. The second kappa shape index (κ2) is 8.60. The number of hydrogen-bond acceptors (Lipinski definition) is 2. The van der Waals surface area contributed by atoms with Gasteiger partial charge in [-0.25, -0.2) is 0 Å². The van der Waals surface area contributed by atoms with E-state index in [-0.39, 0.29) is 0 Å². The van der Waals surface area contributed by atoms with Crippen molar-refractivity contribution in [3.05, 3.63) is 0 Å². The summed E-state index contributed by atoms with van der Waals surface area (Å²) >= 11 is 0. The van der Waals surface area contributed by atoms with E-state index in [1.807, 2.05) is 0 Å². The highest BCUT2D eigenvalue weighted by Gasteiger charge is 2.11. The third kappa shape index (κ3) is 6.40. The standard InChI is InChI=1S/C12H24N3/c13-15-14-11-12-9-7-5-3-1-2-4-6-8-10-12/h12-13H,1-11H2/q+1. The number of hydrogen-bond donors (Lipinski definition) is 1. The molecule has 0 heterocycles. The quantitative estimate of drug-likeness (QED) is 0.527. The van der Waals surface area contributed by atoms with E-state index in [9.17, 15) is 0 Å². The molecule has 3 nitrogen and oxygen atoms in total. The van der Waals surface area contributed by atoms with E-state index < -0.39 is 0 Å². The molecular weight excluding hydrogens is 186 g/mol. The van der Waals surface area contributed by atoms with Crippen LogP contribution < -0.4 is 4.91 Å². The number of nitrogens with one attached hydrogen (secondary N) is 1. The molecule has 1 fully saturated rings. The molecule has 3 heteroatoms.